The lowest BCUT2D eigenvalue weighted by atomic mass is 10.1. The topological polar surface area (TPSA) is 42.4 Å². The number of hydrogen-bond donors (Lipinski definition) is 0. The Morgan fingerprint density at radius 2 is 1.96 bits per heavy atom. The molecule has 0 N–H and O–H groups in total. The molecule has 0 bridgehead atoms. The average molecular weight is 413 g/mol. The Hall–Kier alpha value is -1.34. The first kappa shape index (κ1) is 17.1. The smallest absolute Gasteiger partial charge is 0.274 e. The van der Waals surface area contributed by atoms with Crippen LogP contribution in [0.5, 0.6) is 5.19 Å². The molecule has 0 aliphatic carbocycles. The summed E-state index contributed by atoms with van der Waals surface area (Å²) in [6.45, 7) is 1.27. The third-order valence-corrected chi connectivity index (χ3v) is 6.57. The summed E-state index contributed by atoms with van der Waals surface area (Å²) in [6.07, 6.45) is 1.63. The van der Waals surface area contributed by atoms with E-state index in [4.69, 9.17) is 27.9 Å². The lowest BCUT2D eigenvalue weighted by molar-refractivity contribution is 0.0596. The lowest BCUT2D eigenvalue weighted by Gasteiger charge is -2.31. The SMILES string of the molecule is O=C(c1cc(Cl)sc1Cl)N1CCC(Oc2nc3ccccc3s2)CC1. The van der Waals surface area contributed by atoms with Gasteiger partial charge in [0.15, 0.2) is 0 Å². The van der Waals surface area contributed by atoms with Crippen molar-refractivity contribution in [2.45, 2.75) is 18.9 Å². The second-order valence-corrected chi connectivity index (χ2v) is 9.07. The first-order valence-corrected chi connectivity index (χ1v) is 10.3. The van der Waals surface area contributed by atoms with Gasteiger partial charge in [-0.1, -0.05) is 46.7 Å². The molecule has 1 aliphatic heterocycles. The van der Waals surface area contributed by atoms with Gasteiger partial charge in [0, 0.05) is 25.9 Å². The number of carbonyl (C=O) groups excluding carboxylic acids is 1. The van der Waals surface area contributed by atoms with E-state index in [1.54, 1.807) is 17.4 Å². The second kappa shape index (κ2) is 7.11. The molecule has 1 aromatic carbocycles. The predicted octanol–water partition coefficient (Wildman–Crippen LogP) is 5.35. The van der Waals surface area contributed by atoms with Crippen molar-refractivity contribution in [3.8, 4) is 5.19 Å². The second-order valence-electron chi connectivity index (χ2n) is 5.79. The number of halogens is 2. The van der Waals surface area contributed by atoms with Gasteiger partial charge >= 0.3 is 0 Å². The molecule has 8 heteroatoms. The van der Waals surface area contributed by atoms with Crippen LogP contribution >= 0.6 is 45.9 Å². The quantitative estimate of drug-likeness (QED) is 0.582. The third kappa shape index (κ3) is 3.62. The fraction of sp³-hybridized carbons (Fsp3) is 0.294. The van der Waals surface area contributed by atoms with Crippen molar-refractivity contribution in [1.29, 1.82) is 0 Å². The van der Waals surface area contributed by atoms with Gasteiger partial charge in [0.2, 0.25) is 0 Å². The number of ether oxygens (including phenoxy) is 1. The molecular formula is C17H14Cl2N2O2S2. The summed E-state index contributed by atoms with van der Waals surface area (Å²) < 4.78 is 8.12. The van der Waals surface area contributed by atoms with Gasteiger partial charge < -0.3 is 9.64 Å². The highest BCUT2D eigenvalue weighted by Crippen LogP contribution is 2.33. The van der Waals surface area contributed by atoms with Crippen LogP contribution in [0.3, 0.4) is 0 Å². The number of piperidine rings is 1. The van der Waals surface area contributed by atoms with Gasteiger partial charge in [-0.15, -0.1) is 11.3 Å². The van der Waals surface area contributed by atoms with Gasteiger partial charge in [-0.3, -0.25) is 4.79 Å². The molecule has 0 spiro atoms. The molecule has 4 nitrogen and oxygen atoms in total. The van der Waals surface area contributed by atoms with Gasteiger partial charge in [0.05, 0.1) is 20.1 Å². The van der Waals surface area contributed by atoms with Crippen LogP contribution in [0.15, 0.2) is 30.3 Å². The number of para-hydroxylation sites is 1. The van der Waals surface area contributed by atoms with Crippen molar-refractivity contribution >= 4 is 62.0 Å². The van der Waals surface area contributed by atoms with Crippen molar-refractivity contribution in [1.82, 2.24) is 9.88 Å². The Kier molecular flexibility index (Phi) is 4.86. The number of fused-ring (bicyclic) bond motifs is 1. The van der Waals surface area contributed by atoms with Crippen LogP contribution in [-0.2, 0) is 0 Å². The molecule has 0 saturated carbocycles. The molecule has 0 atom stereocenters. The van der Waals surface area contributed by atoms with E-state index < -0.39 is 0 Å². The maximum atomic E-state index is 12.6. The van der Waals surface area contributed by atoms with Crippen LogP contribution in [0.2, 0.25) is 8.67 Å². The first-order valence-electron chi connectivity index (χ1n) is 7.86. The molecule has 1 amide bonds. The van der Waals surface area contributed by atoms with Crippen LogP contribution in [0.1, 0.15) is 23.2 Å². The summed E-state index contributed by atoms with van der Waals surface area (Å²) in [4.78, 5) is 18.9. The zero-order valence-corrected chi connectivity index (χ0v) is 16.2. The fourth-order valence-electron chi connectivity index (χ4n) is 2.88. The molecule has 2 aromatic heterocycles. The summed E-state index contributed by atoms with van der Waals surface area (Å²) in [7, 11) is 0. The van der Waals surface area contributed by atoms with Crippen LogP contribution in [0.25, 0.3) is 10.2 Å². The number of benzene rings is 1. The van der Waals surface area contributed by atoms with Gasteiger partial charge in [0.25, 0.3) is 11.1 Å². The number of amides is 1. The Bertz CT molecular complexity index is 883. The van der Waals surface area contributed by atoms with Crippen molar-refractivity contribution in [3.63, 3.8) is 0 Å². The normalized spacial score (nSPS) is 15.7. The Morgan fingerprint density at radius 1 is 1.20 bits per heavy atom. The zero-order chi connectivity index (χ0) is 17.4. The predicted molar refractivity (Wildman–Crippen MR) is 104 cm³/mol. The summed E-state index contributed by atoms with van der Waals surface area (Å²) in [5, 5.41) is 0.693. The molecule has 1 saturated heterocycles. The Morgan fingerprint density at radius 3 is 2.64 bits per heavy atom. The average Bonchev–Trinajstić information content (AvgIpc) is 3.16. The van der Waals surface area contributed by atoms with E-state index in [1.165, 1.54) is 11.3 Å². The van der Waals surface area contributed by atoms with E-state index >= 15 is 0 Å². The van der Waals surface area contributed by atoms with Gasteiger partial charge in [-0.2, -0.15) is 0 Å². The fourth-order valence-corrected chi connectivity index (χ4v) is 5.21. The van der Waals surface area contributed by atoms with Crippen molar-refractivity contribution in [2.24, 2.45) is 0 Å². The van der Waals surface area contributed by atoms with E-state index in [0.717, 1.165) is 23.1 Å². The molecule has 4 rings (SSSR count). The monoisotopic (exact) mass is 412 g/mol. The number of nitrogens with zero attached hydrogens (tertiary/aromatic N) is 2. The minimum atomic E-state index is -0.0633. The maximum absolute atomic E-state index is 12.6. The number of aromatic nitrogens is 1. The number of likely N-dealkylation sites (tertiary alicyclic amines) is 1. The lowest BCUT2D eigenvalue weighted by Crippen LogP contribution is -2.41. The van der Waals surface area contributed by atoms with Gasteiger partial charge in [0.1, 0.15) is 10.4 Å². The number of rotatable bonds is 3. The molecular weight excluding hydrogens is 399 g/mol. The Labute approximate surface area is 162 Å². The molecule has 3 aromatic rings. The van der Waals surface area contributed by atoms with E-state index in [2.05, 4.69) is 4.98 Å². The van der Waals surface area contributed by atoms with Crippen molar-refractivity contribution < 1.29 is 9.53 Å². The molecule has 0 unspecified atom stereocenters. The van der Waals surface area contributed by atoms with E-state index in [9.17, 15) is 4.79 Å². The molecule has 25 heavy (non-hydrogen) atoms. The van der Waals surface area contributed by atoms with Gasteiger partial charge in [-0.25, -0.2) is 4.98 Å². The largest absolute Gasteiger partial charge is 0.467 e. The summed E-state index contributed by atoms with van der Waals surface area (Å²) in [5.74, 6) is -0.0633. The summed E-state index contributed by atoms with van der Waals surface area (Å²) >= 11 is 14.8. The minimum absolute atomic E-state index is 0.0633. The molecule has 1 aliphatic rings. The van der Waals surface area contributed by atoms with E-state index in [1.807, 2.05) is 29.2 Å². The van der Waals surface area contributed by atoms with Crippen LogP contribution in [0.4, 0.5) is 0 Å². The summed E-state index contributed by atoms with van der Waals surface area (Å²) in [5.41, 5.74) is 1.45. The molecule has 0 radical (unpaired) electrons. The van der Waals surface area contributed by atoms with Gasteiger partial charge in [-0.05, 0) is 18.2 Å². The standard InChI is InChI=1S/C17H14Cl2N2O2S2/c18-14-9-11(15(19)25-14)16(22)21-7-5-10(6-8-21)23-17-20-12-3-1-2-4-13(12)24-17/h1-4,9-10H,5-8H2. The Balaban J connectivity index is 1.38. The highest BCUT2D eigenvalue weighted by atomic mass is 35.5. The highest BCUT2D eigenvalue weighted by Gasteiger charge is 2.27. The molecule has 3 heterocycles. The van der Waals surface area contributed by atoms with E-state index in [0.29, 0.717) is 32.5 Å². The number of hydrogen-bond acceptors (Lipinski definition) is 5. The third-order valence-electron chi connectivity index (χ3n) is 4.16. The van der Waals surface area contributed by atoms with E-state index in [-0.39, 0.29) is 12.0 Å². The van der Waals surface area contributed by atoms with Crippen molar-refractivity contribution in [2.75, 3.05) is 13.1 Å². The number of thiophene rings is 1. The number of carbonyl (C=O) groups is 1. The maximum Gasteiger partial charge on any atom is 0.274 e. The summed E-state index contributed by atoms with van der Waals surface area (Å²) in [6, 6.07) is 9.63. The molecule has 130 valence electrons. The van der Waals surface area contributed by atoms with Crippen LogP contribution < -0.4 is 4.74 Å². The van der Waals surface area contributed by atoms with Crippen LogP contribution in [0, 0.1) is 0 Å². The van der Waals surface area contributed by atoms with Crippen LogP contribution in [-0.4, -0.2) is 35.0 Å². The molecule has 1 fully saturated rings. The highest BCUT2D eigenvalue weighted by molar-refractivity contribution is 7.20. The minimum Gasteiger partial charge on any atom is -0.467 e. The van der Waals surface area contributed by atoms with Crippen molar-refractivity contribution in [3.05, 3.63) is 44.6 Å². The first-order chi connectivity index (χ1) is 12.1. The zero-order valence-electron chi connectivity index (χ0n) is 13.1. The number of thiazole rings is 1.